The van der Waals surface area contributed by atoms with E-state index in [9.17, 15) is 8.42 Å². The summed E-state index contributed by atoms with van der Waals surface area (Å²) >= 11 is 0. The molecule has 6 nitrogen and oxygen atoms in total. The molecule has 0 aromatic carbocycles. The van der Waals surface area contributed by atoms with E-state index in [0.29, 0.717) is 19.0 Å². The smallest absolute Gasteiger partial charge is 0.233 e. The van der Waals surface area contributed by atoms with E-state index in [1.807, 2.05) is 0 Å². The molecule has 1 aliphatic rings. The predicted molar refractivity (Wildman–Crippen MR) is 62.1 cm³/mol. The van der Waals surface area contributed by atoms with E-state index >= 15 is 0 Å². The van der Waals surface area contributed by atoms with Crippen molar-refractivity contribution in [2.75, 3.05) is 19.3 Å². The van der Waals surface area contributed by atoms with Crippen LogP contribution in [0.15, 0.2) is 18.3 Å². The van der Waals surface area contributed by atoms with Crippen molar-refractivity contribution < 1.29 is 13.2 Å². The molecule has 1 atom stereocenters. The molecule has 17 heavy (non-hydrogen) atoms. The first-order valence-electron chi connectivity index (χ1n) is 5.45. The first-order chi connectivity index (χ1) is 8.05. The van der Waals surface area contributed by atoms with Crippen molar-refractivity contribution in [1.29, 1.82) is 0 Å². The van der Waals surface area contributed by atoms with Crippen molar-refractivity contribution in [3.05, 3.63) is 18.3 Å². The molecule has 1 aliphatic heterocycles. The molecule has 0 radical (unpaired) electrons. The topological polar surface area (TPSA) is 72.4 Å². The van der Waals surface area contributed by atoms with E-state index < -0.39 is 10.0 Å². The average Bonchev–Trinajstić information content (AvgIpc) is 2.29. The lowest BCUT2D eigenvalue weighted by atomic mass is 10.1. The van der Waals surface area contributed by atoms with Gasteiger partial charge in [0.1, 0.15) is 6.10 Å². The SMILES string of the molecule is CS(=O)(=O)N1CCC[C@@H](Oc2cccnn2)C1. The molecule has 94 valence electrons. The molecule has 2 heterocycles. The summed E-state index contributed by atoms with van der Waals surface area (Å²) in [5.41, 5.74) is 0. The lowest BCUT2D eigenvalue weighted by molar-refractivity contribution is 0.124. The van der Waals surface area contributed by atoms with Crippen molar-refractivity contribution in [2.45, 2.75) is 18.9 Å². The highest BCUT2D eigenvalue weighted by atomic mass is 32.2. The molecular weight excluding hydrogens is 242 g/mol. The average molecular weight is 257 g/mol. The standard InChI is InChI=1S/C10H15N3O3S/c1-17(14,15)13-7-3-4-9(8-13)16-10-5-2-6-11-12-10/h2,5-6,9H,3-4,7-8H2,1H3/t9-/m1/s1. The first kappa shape index (κ1) is 12.3. The third-order valence-corrected chi connectivity index (χ3v) is 3.91. The minimum Gasteiger partial charge on any atom is -0.472 e. The quantitative estimate of drug-likeness (QED) is 0.777. The number of sulfonamides is 1. The minimum absolute atomic E-state index is 0.143. The second-order valence-corrected chi connectivity index (χ2v) is 6.05. The number of hydrogen-bond donors (Lipinski definition) is 0. The van der Waals surface area contributed by atoms with E-state index in [1.54, 1.807) is 18.3 Å². The molecule has 2 rings (SSSR count). The fourth-order valence-corrected chi connectivity index (χ4v) is 2.72. The maximum Gasteiger partial charge on any atom is 0.233 e. The molecular formula is C10H15N3O3S. The second-order valence-electron chi connectivity index (χ2n) is 4.06. The Morgan fingerprint density at radius 1 is 1.53 bits per heavy atom. The Labute approximate surface area is 101 Å². The predicted octanol–water partition coefficient (Wildman–Crippen LogP) is 0.279. The second kappa shape index (κ2) is 4.97. The number of aromatic nitrogens is 2. The molecule has 0 amide bonds. The van der Waals surface area contributed by atoms with Crippen LogP contribution in [0, 0.1) is 0 Å². The lowest BCUT2D eigenvalue weighted by Crippen LogP contribution is -2.43. The summed E-state index contributed by atoms with van der Waals surface area (Å²) in [6.07, 6.45) is 4.28. The van der Waals surface area contributed by atoms with Gasteiger partial charge in [0.15, 0.2) is 0 Å². The van der Waals surface area contributed by atoms with Gasteiger partial charge in [0.25, 0.3) is 0 Å². The zero-order chi connectivity index (χ0) is 12.3. The van der Waals surface area contributed by atoms with Gasteiger partial charge in [0, 0.05) is 18.8 Å². The fraction of sp³-hybridized carbons (Fsp3) is 0.600. The first-order valence-corrected chi connectivity index (χ1v) is 7.30. The normalized spacial score (nSPS) is 22.3. The van der Waals surface area contributed by atoms with E-state index in [-0.39, 0.29) is 6.10 Å². The zero-order valence-corrected chi connectivity index (χ0v) is 10.4. The number of piperidine rings is 1. The van der Waals surface area contributed by atoms with E-state index in [1.165, 1.54) is 10.6 Å². The van der Waals surface area contributed by atoms with Crippen molar-refractivity contribution >= 4 is 10.0 Å². The molecule has 0 spiro atoms. The molecule has 0 bridgehead atoms. The van der Waals surface area contributed by atoms with Crippen LogP contribution in [0.25, 0.3) is 0 Å². The zero-order valence-electron chi connectivity index (χ0n) is 9.61. The van der Waals surface area contributed by atoms with E-state index in [2.05, 4.69) is 10.2 Å². The molecule has 0 aliphatic carbocycles. The van der Waals surface area contributed by atoms with Crippen LogP contribution in [-0.2, 0) is 10.0 Å². The van der Waals surface area contributed by atoms with Crippen molar-refractivity contribution in [3.63, 3.8) is 0 Å². The van der Waals surface area contributed by atoms with Crippen LogP contribution in [0.1, 0.15) is 12.8 Å². The highest BCUT2D eigenvalue weighted by molar-refractivity contribution is 7.88. The van der Waals surface area contributed by atoms with Gasteiger partial charge in [-0.15, -0.1) is 5.10 Å². The molecule has 1 fully saturated rings. The van der Waals surface area contributed by atoms with Crippen LogP contribution in [0.3, 0.4) is 0 Å². The molecule has 0 unspecified atom stereocenters. The monoisotopic (exact) mass is 257 g/mol. The van der Waals surface area contributed by atoms with Gasteiger partial charge in [-0.05, 0) is 18.9 Å². The Morgan fingerprint density at radius 2 is 2.35 bits per heavy atom. The van der Waals surface area contributed by atoms with Gasteiger partial charge in [-0.3, -0.25) is 0 Å². The third-order valence-electron chi connectivity index (χ3n) is 2.65. The van der Waals surface area contributed by atoms with Gasteiger partial charge >= 0.3 is 0 Å². The minimum atomic E-state index is -3.13. The Morgan fingerprint density at radius 3 is 3.00 bits per heavy atom. The Balaban J connectivity index is 1.99. The summed E-state index contributed by atoms with van der Waals surface area (Å²) in [5.74, 6) is 0.438. The molecule has 1 saturated heterocycles. The molecule has 7 heteroatoms. The highest BCUT2D eigenvalue weighted by Crippen LogP contribution is 2.17. The van der Waals surface area contributed by atoms with Crippen LogP contribution in [0.4, 0.5) is 0 Å². The van der Waals surface area contributed by atoms with Crippen molar-refractivity contribution in [3.8, 4) is 5.88 Å². The summed E-state index contributed by atoms with van der Waals surface area (Å²) in [7, 11) is -3.13. The summed E-state index contributed by atoms with van der Waals surface area (Å²) in [6.45, 7) is 0.953. The van der Waals surface area contributed by atoms with E-state index in [0.717, 1.165) is 12.8 Å². The molecule has 0 saturated carbocycles. The van der Waals surface area contributed by atoms with Crippen LogP contribution in [0.5, 0.6) is 5.88 Å². The molecule has 1 aromatic rings. The number of rotatable bonds is 3. The Hall–Kier alpha value is -1.21. The van der Waals surface area contributed by atoms with Gasteiger partial charge in [-0.2, -0.15) is 9.40 Å². The summed E-state index contributed by atoms with van der Waals surface area (Å²) in [4.78, 5) is 0. The van der Waals surface area contributed by atoms with Gasteiger partial charge in [-0.25, -0.2) is 8.42 Å². The lowest BCUT2D eigenvalue weighted by Gasteiger charge is -2.30. The van der Waals surface area contributed by atoms with Crippen LogP contribution in [-0.4, -0.2) is 48.4 Å². The summed E-state index contributed by atoms with van der Waals surface area (Å²) in [5, 5.41) is 7.53. The maximum atomic E-state index is 11.4. The largest absolute Gasteiger partial charge is 0.472 e. The van der Waals surface area contributed by atoms with Gasteiger partial charge in [0.05, 0.1) is 12.8 Å². The summed E-state index contributed by atoms with van der Waals surface area (Å²) in [6, 6.07) is 3.45. The molecule has 0 N–H and O–H groups in total. The summed E-state index contributed by atoms with van der Waals surface area (Å²) < 4.78 is 29.9. The Bertz CT molecular complexity index is 463. The Kier molecular flexibility index (Phi) is 3.58. The van der Waals surface area contributed by atoms with Gasteiger partial charge in [0.2, 0.25) is 15.9 Å². The van der Waals surface area contributed by atoms with Crippen LogP contribution < -0.4 is 4.74 Å². The van der Waals surface area contributed by atoms with Crippen molar-refractivity contribution in [2.24, 2.45) is 0 Å². The fourth-order valence-electron chi connectivity index (χ4n) is 1.82. The highest BCUT2D eigenvalue weighted by Gasteiger charge is 2.27. The number of hydrogen-bond acceptors (Lipinski definition) is 5. The van der Waals surface area contributed by atoms with Crippen LogP contribution in [0.2, 0.25) is 0 Å². The van der Waals surface area contributed by atoms with Crippen molar-refractivity contribution in [1.82, 2.24) is 14.5 Å². The van der Waals surface area contributed by atoms with Gasteiger partial charge in [-0.1, -0.05) is 0 Å². The van der Waals surface area contributed by atoms with Crippen LogP contribution >= 0.6 is 0 Å². The third kappa shape index (κ3) is 3.37. The van der Waals surface area contributed by atoms with Gasteiger partial charge < -0.3 is 4.74 Å². The number of nitrogens with zero attached hydrogens (tertiary/aromatic N) is 3. The maximum absolute atomic E-state index is 11.4. The van der Waals surface area contributed by atoms with E-state index in [4.69, 9.17) is 4.74 Å². The molecule has 1 aromatic heterocycles. The number of ether oxygens (including phenoxy) is 1.